The molecular weight excluding hydrogens is 716 g/mol. The third-order valence-corrected chi connectivity index (χ3v) is 7.85. The Kier molecular flexibility index (Phi) is 18.7. The maximum absolute atomic E-state index is 12.5. The maximum atomic E-state index is 12.5. The highest BCUT2D eigenvalue weighted by Gasteiger charge is 2.26. The van der Waals surface area contributed by atoms with Crippen molar-refractivity contribution in [2.45, 2.75) is 95.1 Å². The largest absolute Gasteiger partial charge is 0.489 e. The van der Waals surface area contributed by atoms with E-state index in [9.17, 15) is 53.7 Å². The second-order valence-electron chi connectivity index (χ2n) is 12.1. The fourth-order valence-electron chi connectivity index (χ4n) is 4.77. The molecule has 0 saturated heterocycles. The number of benzene rings is 1. The Labute approximate surface area is 309 Å². The Morgan fingerprint density at radius 3 is 1.54 bits per heavy atom. The van der Waals surface area contributed by atoms with Gasteiger partial charge in [-0.15, -0.1) is 0 Å². The zero-order chi connectivity index (χ0) is 40.2. The molecule has 0 unspecified atom stereocenters. The second kappa shape index (κ2) is 22.8. The van der Waals surface area contributed by atoms with Crippen LogP contribution in [0.3, 0.4) is 0 Å². The van der Waals surface area contributed by atoms with Crippen molar-refractivity contribution in [2.24, 2.45) is 11.5 Å². The monoisotopic (exact) mass is 762 g/mol. The van der Waals surface area contributed by atoms with Crippen molar-refractivity contribution in [1.29, 1.82) is 0 Å². The van der Waals surface area contributed by atoms with E-state index in [0.29, 0.717) is 31.1 Å². The zero-order valence-electron chi connectivity index (χ0n) is 29.3. The molecule has 0 spiro atoms. The summed E-state index contributed by atoms with van der Waals surface area (Å²) in [5.74, 6) is -7.50. The molecule has 20 heteroatoms. The van der Waals surface area contributed by atoms with Crippen molar-refractivity contribution in [3.05, 3.63) is 53.5 Å². The lowest BCUT2D eigenvalue weighted by Gasteiger charge is -2.18. The van der Waals surface area contributed by atoms with Crippen LogP contribution in [-0.4, -0.2) is 98.6 Å². The number of furan rings is 1. The quantitative estimate of drug-likeness (QED) is 0.0562. The molecule has 0 fully saturated rings. The summed E-state index contributed by atoms with van der Waals surface area (Å²) in [6, 6.07) is 3.11. The van der Waals surface area contributed by atoms with E-state index >= 15 is 0 Å². The van der Waals surface area contributed by atoms with Crippen LogP contribution in [0.2, 0.25) is 0 Å². The van der Waals surface area contributed by atoms with Crippen LogP contribution in [0.5, 0.6) is 5.75 Å². The molecule has 0 aliphatic carbocycles. The smallest absolute Gasteiger partial charge is 0.326 e. The molecule has 2 aromatic rings. The number of rotatable bonds is 26. The van der Waals surface area contributed by atoms with Gasteiger partial charge in [0.25, 0.3) is 0 Å². The second-order valence-corrected chi connectivity index (χ2v) is 12.1. The van der Waals surface area contributed by atoms with Crippen LogP contribution in [-0.2, 0) is 57.9 Å². The number of carbonyl (C=O) groups is 8. The van der Waals surface area contributed by atoms with Gasteiger partial charge in [-0.05, 0) is 55.9 Å². The molecule has 1 aromatic carbocycles. The Morgan fingerprint density at radius 2 is 1.11 bits per heavy atom. The van der Waals surface area contributed by atoms with Crippen molar-refractivity contribution in [3.8, 4) is 5.75 Å². The van der Waals surface area contributed by atoms with Gasteiger partial charge in [-0.25, -0.2) is 14.4 Å². The molecule has 0 radical (unpaired) electrons. The molecule has 296 valence electrons. The number of carbonyl (C=O) groups excluding carboxylic acids is 4. The van der Waals surface area contributed by atoms with Crippen molar-refractivity contribution in [2.75, 3.05) is 6.54 Å². The van der Waals surface area contributed by atoms with Gasteiger partial charge in [-0.3, -0.25) is 24.0 Å². The van der Waals surface area contributed by atoms with Gasteiger partial charge in [0.15, 0.2) is 0 Å². The van der Waals surface area contributed by atoms with Crippen LogP contribution < -0.4 is 37.5 Å². The van der Waals surface area contributed by atoms with Gasteiger partial charge < -0.3 is 62.3 Å². The van der Waals surface area contributed by atoms with Crippen LogP contribution in [0.15, 0.2) is 41.0 Å². The van der Waals surface area contributed by atoms with E-state index in [0.717, 1.165) is 11.1 Å². The van der Waals surface area contributed by atoms with Crippen LogP contribution in [0.25, 0.3) is 0 Å². The molecule has 4 atom stereocenters. The summed E-state index contributed by atoms with van der Waals surface area (Å²) in [7, 11) is 0. The molecule has 0 bridgehead atoms. The number of nitrogens with two attached hydrogens (primary N) is 2. The van der Waals surface area contributed by atoms with Gasteiger partial charge in [0.1, 0.15) is 42.3 Å². The van der Waals surface area contributed by atoms with E-state index in [2.05, 4.69) is 21.3 Å². The highest BCUT2D eigenvalue weighted by molar-refractivity contribution is 5.87. The number of aliphatic carboxylic acids is 4. The molecular formula is C34H46N6O14. The topological polar surface area (TPSA) is 340 Å². The van der Waals surface area contributed by atoms with E-state index in [1.807, 2.05) is 12.1 Å². The van der Waals surface area contributed by atoms with E-state index < -0.39 is 97.4 Å². The minimum absolute atomic E-state index is 0.231. The normalized spacial score (nSPS) is 13.0. The van der Waals surface area contributed by atoms with Crippen molar-refractivity contribution in [3.63, 3.8) is 0 Å². The third-order valence-electron chi connectivity index (χ3n) is 7.85. The van der Waals surface area contributed by atoms with E-state index in [1.165, 1.54) is 0 Å². The minimum Gasteiger partial charge on any atom is -0.489 e. The molecule has 12 N–H and O–H groups in total. The summed E-state index contributed by atoms with van der Waals surface area (Å²) in [5, 5.41) is 46.4. The Hall–Kier alpha value is -6.02. The number of carboxylic acids is 4. The summed E-state index contributed by atoms with van der Waals surface area (Å²) >= 11 is 0. The first kappa shape index (κ1) is 44.1. The van der Waals surface area contributed by atoms with Crippen molar-refractivity contribution < 1.29 is 67.9 Å². The molecule has 0 aliphatic rings. The standard InChI is InChI=1S/C34H46N6O14/c35-16-22-15-20(18-54-22)17-53-21-3-1-19(2-4-21)13-14-37-27(41)10-6-24(32(47)48)39-29(43)12-8-26(34(51)52)40-30(44)11-7-25(33(49)50)38-28(42)9-5-23(36)31(45)46/h1-4,15,18,23-26H,5-14,16-17,35-36H2,(H,37,41)(H,38,42)(H,39,43)(H,40,44)(H,45,46)(H,47,48)(H,49,50)(H,51,52)/t23-,24-,25-,26-/m0/s1. The van der Waals surface area contributed by atoms with Gasteiger partial charge in [-0.1, -0.05) is 12.1 Å². The first-order valence-corrected chi connectivity index (χ1v) is 16.9. The summed E-state index contributed by atoms with van der Waals surface area (Å²) in [6.45, 7) is 0.857. The molecule has 2 rings (SSSR count). The van der Waals surface area contributed by atoms with Gasteiger partial charge in [0.05, 0.1) is 12.8 Å². The van der Waals surface area contributed by atoms with Gasteiger partial charge in [-0.2, -0.15) is 0 Å². The molecule has 1 aromatic heterocycles. The Bertz CT molecular complexity index is 1610. The lowest BCUT2D eigenvalue weighted by atomic mass is 10.1. The third kappa shape index (κ3) is 17.0. The molecule has 1 heterocycles. The lowest BCUT2D eigenvalue weighted by molar-refractivity contribution is -0.144. The van der Waals surface area contributed by atoms with Crippen LogP contribution in [0, 0.1) is 0 Å². The SMILES string of the molecule is NCc1cc(COc2ccc(CCNC(=O)CC[C@H](NC(=O)CC[C@H](NC(=O)CC[C@H](NC(=O)CC[C@H](N)C(=O)O)C(=O)O)C(=O)O)C(=O)O)cc2)co1. The highest BCUT2D eigenvalue weighted by Crippen LogP contribution is 2.16. The van der Waals surface area contributed by atoms with Gasteiger partial charge >= 0.3 is 23.9 Å². The average Bonchev–Trinajstić information content (AvgIpc) is 3.59. The predicted molar refractivity (Wildman–Crippen MR) is 185 cm³/mol. The average molecular weight is 763 g/mol. The number of hydrogen-bond acceptors (Lipinski definition) is 12. The number of nitrogens with one attached hydrogen (secondary N) is 4. The van der Waals surface area contributed by atoms with Crippen LogP contribution in [0.1, 0.15) is 68.3 Å². The highest BCUT2D eigenvalue weighted by atomic mass is 16.5. The first-order chi connectivity index (χ1) is 25.6. The maximum Gasteiger partial charge on any atom is 0.326 e. The fourth-order valence-corrected chi connectivity index (χ4v) is 4.77. The number of hydrogen-bond donors (Lipinski definition) is 10. The van der Waals surface area contributed by atoms with Crippen molar-refractivity contribution in [1.82, 2.24) is 21.3 Å². The van der Waals surface area contributed by atoms with Gasteiger partial charge in [0.2, 0.25) is 23.6 Å². The first-order valence-electron chi connectivity index (χ1n) is 16.9. The molecule has 0 aliphatic heterocycles. The minimum atomic E-state index is -1.59. The lowest BCUT2D eigenvalue weighted by Crippen LogP contribution is -2.45. The molecule has 4 amide bonds. The van der Waals surface area contributed by atoms with E-state index in [-0.39, 0.29) is 32.2 Å². The van der Waals surface area contributed by atoms with E-state index in [4.69, 9.17) is 25.7 Å². The molecule has 54 heavy (non-hydrogen) atoms. The van der Waals surface area contributed by atoms with Crippen LogP contribution in [0.4, 0.5) is 0 Å². The number of ether oxygens (including phenoxy) is 1. The Morgan fingerprint density at radius 1 is 0.648 bits per heavy atom. The predicted octanol–water partition coefficient (Wildman–Crippen LogP) is -0.783. The summed E-state index contributed by atoms with van der Waals surface area (Å²) in [6.07, 6.45) is -1.01. The summed E-state index contributed by atoms with van der Waals surface area (Å²) < 4.78 is 11.0. The Balaban J connectivity index is 1.73. The fraction of sp³-hybridized carbons (Fsp3) is 0.471. The van der Waals surface area contributed by atoms with E-state index in [1.54, 1.807) is 24.5 Å². The van der Waals surface area contributed by atoms with Crippen molar-refractivity contribution >= 4 is 47.5 Å². The summed E-state index contributed by atoms with van der Waals surface area (Å²) in [4.78, 5) is 94.9. The number of amides is 4. The summed E-state index contributed by atoms with van der Waals surface area (Å²) in [5.41, 5.74) is 12.6. The van der Waals surface area contributed by atoms with Gasteiger partial charge in [0, 0.05) is 37.8 Å². The molecule has 0 saturated carbocycles. The van der Waals surface area contributed by atoms with Crippen LogP contribution >= 0.6 is 0 Å². The zero-order valence-corrected chi connectivity index (χ0v) is 29.3. The molecule has 20 nitrogen and oxygen atoms in total. The number of carboxylic acid groups (broad SMARTS) is 4.